The quantitative estimate of drug-likeness (QED) is 0.159. The molecule has 0 aliphatic heterocycles. The van der Waals surface area contributed by atoms with Gasteiger partial charge in [-0.2, -0.15) is 0 Å². The molecule has 7 aromatic carbocycles. The fourth-order valence-electron chi connectivity index (χ4n) is 11.4. The number of ether oxygens (including phenoxy) is 1. The molecule has 11 rings (SSSR count). The first-order valence-corrected chi connectivity index (χ1v) is 27.0. The van der Waals surface area contributed by atoms with Crippen molar-refractivity contribution in [2.45, 2.75) is 131 Å². The Morgan fingerprint density at radius 2 is 1.12 bits per heavy atom. The fourth-order valence-corrected chi connectivity index (χ4v) is 12.5. The second-order valence-electron chi connectivity index (χ2n) is 25.1. The van der Waals surface area contributed by atoms with Gasteiger partial charge in [0.25, 0.3) is 0 Å². The zero-order valence-corrected chi connectivity index (χ0v) is 48.1. The first-order valence-electron chi connectivity index (χ1n) is 30.9. The number of rotatable bonds is 7. The Balaban J connectivity index is 1.20. The van der Waals surface area contributed by atoms with Crippen molar-refractivity contribution < 1.29 is 37.8 Å². The minimum absolute atomic E-state index is 0.0977. The van der Waals surface area contributed by atoms with Crippen LogP contribution in [0.25, 0.3) is 72.3 Å². The topological polar surface area (TPSA) is 36.9 Å². The average molecular weight is 1180 g/mol. The van der Waals surface area contributed by atoms with Crippen LogP contribution in [-0.4, -0.2) is 18.7 Å². The third-order valence-corrected chi connectivity index (χ3v) is 17.9. The predicted octanol–water partition coefficient (Wildman–Crippen LogP) is 18.6. The molecule has 0 atom stereocenters. The summed E-state index contributed by atoms with van der Waals surface area (Å²) in [5, 5.41) is 2.22. The van der Waals surface area contributed by atoms with Gasteiger partial charge in [-0.25, -0.2) is 0 Å². The summed E-state index contributed by atoms with van der Waals surface area (Å²) < 4.78 is 104. The van der Waals surface area contributed by atoms with Crippen molar-refractivity contribution in [3.05, 3.63) is 195 Å². The van der Waals surface area contributed by atoms with Gasteiger partial charge in [-0.3, -0.25) is 0 Å². The maximum absolute atomic E-state index is 9.31. The number of nitrogens with zero attached hydrogens (tertiary/aromatic N) is 4. The van der Waals surface area contributed by atoms with Crippen LogP contribution in [0.5, 0.6) is 11.5 Å². The van der Waals surface area contributed by atoms with E-state index in [0.717, 1.165) is 50.0 Å². The molecule has 0 N–H and O–H groups in total. The third-order valence-electron chi connectivity index (χ3n) is 16.9. The van der Waals surface area contributed by atoms with Gasteiger partial charge in [0.15, 0.2) is 0 Å². The van der Waals surface area contributed by atoms with E-state index >= 15 is 0 Å². The van der Waals surface area contributed by atoms with E-state index in [1.54, 1.807) is 18.2 Å². The number of aromatic nitrogens is 4. The molecule has 3 heterocycles. The van der Waals surface area contributed by atoms with E-state index in [1.807, 2.05) is 35.0 Å². The van der Waals surface area contributed by atoms with Crippen molar-refractivity contribution in [2.75, 3.05) is 0 Å². The van der Waals surface area contributed by atoms with Crippen molar-refractivity contribution >= 4 is 32.8 Å². The SMILES string of the molecule is [2H]c1c([2H])c([2H])c(-c2cccc(-c3c([2H])c([2H])c([2H])c([2H])c3[2H])c2-n2[c](=[Pt])n(-c3cc(Oc4ccc5c6ccc7c(c6n(-c6cc(C(C)(C)C)ccn6)c5c4)C(C)(C)C(C)(C)C7(C)C)cc(C(C)(C)C)c3)c3cc(C(C)(C)C)ccc32)c([2H])c1[2H]. The summed E-state index contributed by atoms with van der Waals surface area (Å²) in [6.45, 7) is 33.8. The van der Waals surface area contributed by atoms with E-state index in [1.165, 1.54) is 16.7 Å². The molecule has 0 bridgehead atoms. The third kappa shape index (κ3) is 8.14. The molecule has 384 valence electrons. The van der Waals surface area contributed by atoms with Gasteiger partial charge in [-0.15, -0.1) is 0 Å². The molecule has 6 heteroatoms. The van der Waals surface area contributed by atoms with Gasteiger partial charge in [0.05, 0.1) is 0 Å². The van der Waals surface area contributed by atoms with Crippen LogP contribution in [-0.2, 0) is 46.4 Å². The van der Waals surface area contributed by atoms with Crippen molar-refractivity contribution in [3.63, 3.8) is 0 Å². The summed E-state index contributed by atoms with van der Waals surface area (Å²) in [5.74, 6) is 2.01. The minimum atomic E-state index is -0.557. The molecule has 0 radical (unpaired) electrons. The molecule has 5 nitrogen and oxygen atoms in total. The van der Waals surface area contributed by atoms with Crippen LogP contribution in [0.2, 0.25) is 0 Å². The summed E-state index contributed by atoms with van der Waals surface area (Å²) in [6, 6.07) is 27.6. The van der Waals surface area contributed by atoms with Crippen LogP contribution < -0.4 is 4.74 Å². The Morgan fingerprint density at radius 1 is 0.520 bits per heavy atom. The number of hydrogen-bond acceptors (Lipinski definition) is 2. The first-order chi connectivity index (χ1) is 39.4. The van der Waals surface area contributed by atoms with Crippen LogP contribution >= 0.6 is 0 Å². The van der Waals surface area contributed by atoms with E-state index in [-0.39, 0.29) is 55.0 Å². The van der Waals surface area contributed by atoms with Crippen LogP contribution in [0.4, 0.5) is 0 Å². The summed E-state index contributed by atoms with van der Waals surface area (Å²) in [6.07, 6.45) is 1.92. The second kappa shape index (κ2) is 17.5. The summed E-state index contributed by atoms with van der Waals surface area (Å²) >= 11 is 2.25. The van der Waals surface area contributed by atoms with Crippen LogP contribution in [0, 0.1) is 9.22 Å². The van der Waals surface area contributed by atoms with Crippen molar-refractivity contribution in [1.82, 2.24) is 18.7 Å². The molecule has 0 spiro atoms. The van der Waals surface area contributed by atoms with Crippen molar-refractivity contribution in [2.24, 2.45) is 5.41 Å². The molecule has 1 aliphatic carbocycles. The normalized spacial score (nSPS) is 17.1. The van der Waals surface area contributed by atoms with E-state index < -0.39 is 65.8 Å². The molecule has 3 aromatic heterocycles. The van der Waals surface area contributed by atoms with E-state index in [2.05, 4.69) is 187 Å². The molecular weight excluding hydrogens is 1100 g/mol. The average Bonchev–Trinajstić information content (AvgIpc) is 1.56. The van der Waals surface area contributed by atoms with Gasteiger partial charge in [0.2, 0.25) is 0 Å². The molecule has 0 fully saturated rings. The van der Waals surface area contributed by atoms with Gasteiger partial charge in [0.1, 0.15) is 0 Å². The Bertz CT molecular complexity index is 4440. The number of pyridine rings is 1. The molecule has 10 aromatic rings. The van der Waals surface area contributed by atoms with Crippen LogP contribution in [0.15, 0.2) is 164 Å². The molecule has 0 amide bonds. The Hall–Kier alpha value is -6.55. The zero-order valence-electron chi connectivity index (χ0n) is 55.8. The van der Waals surface area contributed by atoms with Gasteiger partial charge in [-0.05, 0) is 38.9 Å². The Labute approximate surface area is 469 Å². The van der Waals surface area contributed by atoms with E-state index in [0.29, 0.717) is 20.8 Å². The molecule has 0 saturated carbocycles. The monoisotopic (exact) mass is 1180 g/mol. The zero-order chi connectivity index (χ0) is 62.1. The van der Waals surface area contributed by atoms with Crippen LogP contribution in [0.3, 0.4) is 0 Å². The van der Waals surface area contributed by atoms with Crippen molar-refractivity contribution in [1.29, 1.82) is 0 Å². The molecule has 1 aliphatic rings. The van der Waals surface area contributed by atoms with E-state index in [9.17, 15) is 5.48 Å². The van der Waals surface area contributed by atoms with Gasteiger partial charge < -0.3 is 0 Å². The summed E-state index contributed by atoms with van der Waals surface area (Å²) in [4.78, 5) is 5.13. The number of fused-ring (bicyclic) bond motifs is 6. The van der Waals surface area contributed by atoms with Gasteiger partial charge in [-0.1, -0.05) is 68.4 Å². The Morgan fingerprint density at radius 3 is 1.73 bits per heavy atom. The molecular formula is C69H72N4OPt. The first kappa shape index (κ1) is 39.8. The number of hydrogen-bond donors (Lipinski definition) is 0. The van der Waals surface area contributed by atoms with Gasteiger partial charge in [0, 0.05) is 6.20 Å². The summed E-state index contributed by atoms with van der Waals surface area (Å²) in [7, 11) is 0. The predicted molar refractivity (Wildman–Crippen MR) is 311 cm³/mol. The summed E-state index contributed by atoms with van der Waals surface area (Å²) in [5.41, 5.74) is 9.16. The molecule has 75 heavy (non-hydrogen) atoms. The maximum atomic E-state index is 9.31. The number of benzene rings is 7. The molecule has 0 unspecified atom stereocenters. The number of imidazole rings is 1. The standard InChI is InChI=1S/C69H72N4O.Pt/c1-64(2,3)46-29-34-57-59(39-46)71(43-72(57)62-52(44-23-18-16-19-24-44)27-22-28-53(62)45-25-20-17-21-26-45)49-37-48(66(7,8)9)38-51(41-49)74-50-30-31-54-55-32-33-56-61(68(12,13)69(14,15)67(56,10)11)63(55)73(58(54)42-50)60-40-47(35-36-70-60)65(4,5)6;/h16-42H,1-15H3;/i16D,17D,18D,19D,20D,21D,23D,24D,25D,26D;. The fraction of sp³-hybridized carbons (Fsp3) is 0.304. The Kier molecular flexibility index (Phi) is 9.29. The second-order valence-corrected chi connectivity index (χ2v) is 26.1. The van der Waals surface area contributed by atoms with Crippen molar-refractivity contribution in [3.8, 4) is 50.9 Å². The van der Waals surface area contributed by atoms with E-state index in [4.69, 9.17) is 17.9 Å². The van der Waals surface area contributed by atoms with Gasteiger partial charge >= 0.3 is 358 Å². The molecule has 0 saturated heterocycles. The van der Waals surface area contributed by atoms with Crippen LogP contribution in [0.1, 0.15) is 145 Å². The number of para-hydroxylation sites is 1.